The number of benzene rings is 1. The van der Waals surface area contributed by atoms with Crippen LogP contribution in [-0.4, -0.2) is 78.9 Å². The number of ether oxygens (including phenoxy) is 2. The Morgan fingerprint density at radius 3 is 2.56 bits per heavy atom. The van der Waals surface area contributed by atoms with Gasteiger partial charge >= 0.3 is 0 Å². The molecule has 11 nitrogen and oxygen atoms in total. The Labute approximate surface area is 248 Å². The van der Waals surface area contributed by atoms with E-state index < -0.39 is 59.8 Å². The van der Waals surface area contributed by atoms with Gasteiger partial charge in [-0.05, 0) is 61.4 Å². The van der Waals surface area contributed by atoms with Crippen LogP contribution in [0.25, 0.3) is 0 Å². The van der Waals surface area contributed by atoms with Crippen LogP contribution in [0.4, 0.5) is 5.82 Å². The maximum atomic E-state index is 13.7. The highest BCUT2D eigenvalue weighted by Gasteiger charge is 2.59. The SMILES string of the molecule is CC1=CC2C(=O)c3cccc(OC4OC(CO)C(O)C(O)(CC5(c6ccnc(N)c6)CCCC5)C4O)c3C(=O)C2C(O)=C1. The fraction of sp³-hybridized carbons (Fsp3) is 0.469. The van der Waals surface area contributed by atoms with Crippen molar-refractivity contribution >= 4 is 17.4 Å². The van der Waals surface area contributed by atoms with Gasteiger partial charge in [0.05, 0.1) is 24.0 Å². The average molecular weight is 593 g/mol. The molecule has 228 valence electrons. The number of Topliss-reactive ketones (excluding diaryl/α,β-unsaturated/α-hetero) is 2. The van der Waals surface area contributed by atoms with Gasteiger partial charge in [-0.3, -0.25) is 9.59 Å². The molecule has 6 rings (SSSR count). The van der Waals surface area contributed by atoms with Crippen LogP contribution >= 0.6 is 0 Å². The number of ketones is 2. The molecule has 0 spiro atoms. The van der Waals surface area contributed by atoms with E-state index in [-0.39, 0.29) is 34.8 Å². The number of anilines is 1. The van der Waals surface area contributed by atoms with Crippen molar-refractivity contribution in [1.29, 1.82) is 0 Å². The highest BCUT2D eigenvalue weighted by atomic mass is 16.7. The third kappa shape index (κ3) is 4.76. The number of carbonyl (C=O) groups is 2. The number of aromatic nitrogens is 1. The van der Waals surface area contributed by atoms with E-state index in [1.54, 1.807) is 31.3 Å². The summed E-state index contributed by atoms with van der Waals surface area (Å²) in [6.45, 7) is 1.04. The number of pyridine rings is 1. The smallest absolute Gasteiger partial charge is 0.229 e. The van der Waals surface area contributed by atoms with Gasteiger partial charge in [-0.1, -0.05) is 36.6 Å². The van der Waals surface area contributed by atoms with Gasteiger partial charge in [0.1, 0.15) is 41.2 Å². The Balaban J connectivity index is 1.36. The molecule has 1 aromatic heterocycles. The van der Waals surface area contributed by atoms with Gasteiger partial charge in [-0.25, -0.2) is 4.98 Å². The first-order valence-corrected chi connectivity index (χ1v) is 14.5. The minimum atomic E-state index is -2.20. The summed E-state index contributed by atoms with van der Waals surface area (Å²) >= 11 is 0. The summed E-state index contributed by atoms with van der Waals surface area (Å²) in [6, 6.07) is 7.98. The van der Waals surface area contributed by atoms with Crippen molar-refractivity contribution in [2.45, 2.75) is 74.6 Å². The van der Waals surface area contributed by atoms with E-state index in [0.29, 0.717) is 24.2 Å². The molecule has 7 unspecified atom stereocenters. The molecular weight excluding hydrogens is 556 g/mol. The van der Waals surface area contributed by atoms with Crippen LogP contribution in [0.2, 0.25) is 0 Å². The molecule has 11 heteroatoms. The fourth-order valence-corrected chi connectivity index (χ4v) is 7.45. The molecule has 7 N–H and O–H groups in total. The predicted octanol–water partition coefficient (Wildman–Crippen LogP) is 2.13. The number of allylic oxidation sites excluding steroid dienone is 4. The lowest BCUT2D eigenvalue weighted by Crippen LogP contribution is -2.69. The Morgan fingerprint density at radius 1 is 1.12 bits per heavy atom. The van der Waals surface area contributed by atoms with Crippen LogP contribution in [0.5, 0.6) is 5.75 Å². The fourth-order valence-electron chi connectivity index (χ4n) is 7.45. The number of carbonyl (C=O) groups excluding carboxylic acids is 2. The zero-order valence-corrected chi connectivity index (χ0v) is 23.7. The number of hydrogen-bond acceptors (Lipinski definition) is 11. The zero-order chi connectivity index (χ0) is 30.7. The van der Waals surface area contributed by atoms with Crippen LogP contribution in [0, 0.1) is 11.8 Å². The second-order valence-electron chi connectivity index (χ2n) is 12.2. The van der Waals surface area contributed by atoms with E-state index in [0.717, 1.165) is 18.4 Å². The van der Waals surface area contributed by atoms with Crippen molar-refractivity contribution in [1.82, 2.24) is 4.98 Å². The van der Waals surface area contributed by atoms with E-state index in [4.69, 9.17) is 15.2 Å². The second-order valence-corrected chi connectivity index (χ2v) is 12.2. The van der Waals surface area contributed by atoms with E-state index in [1.807, 2.05) is 0 Å². The molecule has 0 radical (unpaired) electrons. The monoisotopic (exact) mass is 592 g/mol. The first kappa shape index (κ1) is 29.5. The molecule has 2 fully saturated rings. The Kier molecular flexibility index (Phi) is 7.42. The Bertz CT molecular complexity index is 1510. The molecule has 1 saturated heterocycles. The molecule has 3 aliphatic carbocycles. The lowest BCUT2D eigenvalue weighted by Gasteiger charge is -2.50. The van der Waals surface area contributed by atoms with Crippen molar-refractivity contribution < 1.29 is 44.6 Å². The summed E-state index contributed by atoms with van der Waals surface area (Å²) in [6.07, 6.45) is 1.13. The molecule has 2 heterocycles. The van der Waals surface area contributed by atoms with Gasteiger partial charge in [0.2, 0.25) is 6.29 Å². The quantitative estimate of drug-likeness (QED) is 0.288. The third-order valence-corrected chi connectivity index (χ3v) is 9.56. The van der Waals surface area contributed by atoms with Crippen molar-refractivity contribution in [3.63, 3.8) is 0 Å². The van der Waals surface area contributed by atoms with Gasteiger partial charge in [-0.15, -0.1) is 0 Å². The number of nitrogen functional groups attached to an aromatic ring is 1. The lowest BCUT2D eigenvalue weighted by molar-refractivity contribution is -0.318. The van der Waals surface area contributed by atoms with Crippen molar-refractivity contribution in [2.75, 3.05) is 12.3 Å². The lowest BCUT2D eigenvalue weighted by atomic mass is 9.66. The molecule has 0 bridgehead atoms. The third-order valence-electron chi connectivity index (χ3n) is 9.56. The normalized spacial score (nSPS) is 33.3. The van der Waals surface area contributed by atoms with Crippen LogP contribution in [0.3, 0.4) is 0 Å². The van der Waals surface area contributed by atoms with E-state index >= 15 is 0 Å². The molecule has 1 aromatic carbocycles. The van der Waals surface area contributed by atoms with Gasteiger partial charge in [0.15, 0.2) is 11.6 Å². The highest BCUT2D eigenvalue weighted by Crippen LogP contribution is 2.50. The summed E-state index contributed by atoms with van der Waals surface area (Å²) in [4.78, 5) is 31.2. The zero-order valence-electron chi connectivity index (χ0n) is 23.7. The summed E-state index contributed by atoms with van der Waals surface area (Å²) < 4.78 is 11.8. The average Bonchev–Trinajstić information content (AvgIpc) is 3.45. The summed E-state index contributed by atoms with van der Waals surface area (Å²) in [5.41, 5.74) is 4.61. The number of rotatable bonds is 6. The number of aliphatic hydroxyl groups is 5. The number of aliphatic hydroxyl groups excluding tert-OH is 4. The molecular formula is C32H36N2O9. The van der Waals surface area contributed by atoms with Crippen molar-refractivity contribution in [2.24, 2.45) is 11.8 Å². The minimum absolute atomic E-state index is 0.0767. The van der Waals surface area contributed by atoms with Gasteiger partial charge in [0, 0.05) is 11.8 Å². The summed E-state index contributed by atoms with van der Waals surface area (Å²) in [5.74, 6) is -2.90. The Morgan fingerprint density at radius 2 is 1.86 bits per heavy atom. The van der Waals surface area contributed by atoms with E-state index in [2.05, 4.69) is 4.98 Å². The van der Waals surface area contributed by atoms with Gasteiger partial charge in [-0.2, -0.15) is 0 Å². The number of hydrogen-bond donors (Lipinski definition) is 6. The molecule has 0 amide bonds. The topological polar surface area (TPSA) is 193 Å². The summed E-state index contributed by atoms with van der Waals surface area (Å²) in [5, 5.41) is 55.6. The Hall–Kier alpha value is -3.61. The van der Waals surface area contributed by atoms with E-state index in [1.165, 1.54) is 24.3 Å². The van der Waals surface area contributed by atoms with Crippen LogP contribution in [0.15, 0.2) is 60.0 Å². The first-order chi connectivity index (χ1) is 20.5. The van der Waals surface area contributed by atoms with Crippen molar-refractivity contribution in [3.8, 4) is 5.75 Å². The number of fused-ring (bicyclic) bond motifs is 2. The van der Waals surface area contributed by atoms with E-state index in [9.17, 15) is 35.1 Å². The van der Waals surface area contributed by atoms with Crippen LogP contribution in [-0.2, 0) is 10.2 Å². The maximum absolute atomic E-state index is 13.7. The highest BCUT2D eigenvalue weighted by molar-refractivity contribution is 6.19. The molecule has 43 heavy (non-hydrogen) atoms. The van der Waals surface area contributed by atoms with Crippen LogP contribution < -0.4 is 10.5 Å². The molecule has 7 atom stereocenters. The maximum Gasteiger partial charge on any atom is 0.229 e. The van der Waals surface area contributed by atoms with Crippen LogP contribution in [0.1, 0.15) is 65.3 Å². The second kappa shape index (κ2) is 10.8. The standard InChI is InChI=1S/C32H36N2O9/c1-16-11-19-24(20(36)12-16)27(38)25-18(26(19)37)5-4-6-21(25)42-30-29(40)32(41,28(39)22(14-35)43-30)15-31(8-2-3-9-31)17-7-10-34-23(33)13-17/h4-7,10-13,19,22,24,28-30,35-36,39-41H,2-3,8-9,14-15H2,1H3,(H2,33,34). The number of nitrogens with two attached hydrogens (primary N) is 1. The molecule has 1 saturated carbocycles. The number of nitrogens with zero attached hydrogens (tertiary/aromatic N) is 1. The van der Waals surface area contributed by atoms with Crippen molar-refractivity contribution in [3.05, 3.63) is 76.7 Å². The predicted molar refractivity (Wildman–Crippen MR) is 153 cm³/mol. The molecule has 4 aliphatic rings. The minimum Gasteiger partial charge on any atom is -0.511 e. The first-order valence-electron chi connectivity index (χ1n) is 14.5. The summed E-state index contributed by atoms with van der Waals surface area (Å²) in [7, 11) is 0. The van der Waals surface area contributed by atoms with Gasteiger partial charge in [0.25, 0.3) is 0 Å². The molecule has 2 aromatic rings. The van der Waals surface area contributed by atoms with Gasteiger partial charge < -0.3 is 40.7 Å². The largest absolute Gasteiger partial charge is 0.511 e. The molecule has 1 aliphatic heterocycles.